The largest absolute Gasteiger partial charge is 0.380 e. The third kappa shape index (κ3) is 3.70. The maximum Gasteiger partial charge on any atom is 0.258 e. The Labute approximate surface area is 125 Å². The molecule has 0 aliphatic carbocycles. The average molecular weight is 316 g/mol. The van der Waals surface area contributed by atoms with Gasteiger partial charge in [-0.05, 0) is 23.8 Å². The monoisotopic (exact) mass is 315 g/mol. The molecule has 100 valence electrons. The summed E-state index contributed by atoms with van der Waals surface area (Å²) in [5.74, 6) is -0.275. The zero-order chi connectivity index (χ0) is 13.8. The molecule has 2 rings (SSSR count). The summed E-state index contributed by atoms with van der Waals surface area (Å²) in [6.45, 7) is 0.495. The van der Waals surface area contributed by atoms with E-state index in [2.05, 4.69) is 5.32 Å². The lowest BCUT2D eigenvalue weighted by atomic mass is 10.2. The highest BCUT2D eigenvalue weighted by Gasteiger charge is 2.14. The first kappa shape index (κ1) is 14.3. The van der Waals surface area contributed by atoms with E-state index in [1.807, 2.05) is 18.2 Å². The van der Waals surface area contributed by atoms with E-state index in [9.17, 15) is 4.79 Å². The van der Waals surface area contributed by atoms with Crippen LogP contribution in [0.15, 0.2) is 30.3 Å². The van der Waals surface area contributed by atoms with Crippen LogP contribution in [0.3, 0.4) is 0 Å². The first-order valence-corrected chi connectivity index (χ1v) is 7.01. The van der Waals surface area contributed by atoms with Gasteiger partial charge in [-0.25, -0.2) is 0 Å². The van der Waals surface area contributed by atoms with Crippen LogP contribution in [0.4, 0.5) is 5.69 Å². The summed E-state index contributed by atoms with van der Waals surface area (Å²) in [7, 11) is 1.62. The molecule has 2 aromatic rings. The molecule has 1 N–H and O–H groups in total. The second-order valence-corrected chi connectivity index (χ2v) is 6.11. The minimum atomic E-state index is -0.275. The molecule has 0 aliphatic rings. The number of thiophene rings is 1. The molecule has 3 nitrogen and oxygen atoms in total. The predicted octanol–water partition coefficient (Wildman–Crippen LogP) is 4.45. The molecule has 1 amide bonds. The number of benzene rings is 1. The molecule has 0 unspecified atom stereocenters. The van der Waals surface area contributed by atoms with Crippen LogP contribution >= 0.6 is 34.5 Å². The van der Waals surface area contributed by atoms with Crippen LogP contribution < -0.4 is 5.32 Å². The number of rotatable bonds is 4. The molecular formula is C13H11Cl2NO2S. The molecule has 6 heteroatoms. The van der Waals surface area contributed by atoms with Crippen molar-refractivity contribution >= 4 is 46.1 Å². The number of methoxy groups -OCH3 is 1. The van der Waals surface area contributed by atoms with Crippen LogP contribution in [-0.4, -0.2) is 13.0 Å². The lowest BCUT2D eigenvalue weighted by Crippen LogP contribution is -2.11. The van der Waals surface area contributed by atoms with E-state index < -0.39 is 0 Å². The van der Waals surface area contributed by atoms with Gasteiger partial charge in [-0.15, -0.1) is 11.3 Å². The summed E-state index contributed by atoms with van der Waals surface area (Å²) in [4.78, 5) is 12.0. The molecule has 1 aromatic carbocycles. The summed E-state index contributed by atoms with van der Waals surface area (Å²) in [6.07, 6.45) is 0. The standard InChI is InChI=1S/C13H11Cl2NO2S/c1-18-7-8-3-2-4-9(5-8)16-13(17)10-6-11(14)19-12(10)15/h2-6H,7H2,1H3,(H,16,17). The van der Waals surface area contributed by atoms with E-state index in [1.54, 1.807) is 19.2 Å². The molecule has 1 heterocycles. The van der Waals surface area contributed by atoms with Gasteiger partial charge in [0.1, 0.15) is 4.34 Å². The molecular weight excluding hydrogens is 305 g/mol. The SMILES string of the molecule is COCc1cccc(NC(=O)c2cc(Cl)sc2Cl)c1. The quantitative estimate of drug-likeness (QED) is 0.905. The van der Waals surface area contributed by atoms with E-state index >= 15 is 0 Å². The van der Waals surface area contributed by atoms with Crippen molar-refractivity contribution in [1.29, 1.82) is 0 Å². The Hall–Kier alpha value is -1.07. The third-order valence-corrected chi connectivity index (χ3v) is 3.88. The Morgan fingerprint density at radius 1 is 1.37 bits per heavy atom. The number of carbonyl (C=O) groups is 1. The summed E-state index contributed by atoms with van der Waals surface area (Å²) in [6, 6.07) is 8.99. The number of anilines is 1. The van der Waals surface area contributed by atoms with Crippen molar-refractivity contribution in [3.05, 3.63) is 50.1 Å². The number of carbonyl (C=O) groups excluding carboxylic acids is 1. The highest BCUT2D eigenvalue weighted by Crippen LogP contribution is 2.31. The van der Waals surface area contributed by atoms with Gasteiger partial charge in [-0.3, -0.25) is 4.79 Å². The molecule has 19 heavy (non-hydrogen) atoms. The molecule has 1 aromatic heterocycles. The Morgan fingerprint density at radius 2 is 2.16 bits per heavy atom. The molecule has 0 aliphatic heterocycles. The Bertz CT molecular complexity index is 598. The van der Waals surface area contributed by atoms with Crippen molar-refractivity contribution in [3.8, 4) is 0 Å². The van der Waals surface area contributed by atoms with Crippen molar-refractivity contribution in [3.63, 3.8) is 0 Å². The first-order chi connectivity index (χ1) is 9.10. The number of hydrogen-bond donors (Lipinski definition) is 1. The van der Waals surface area contributed by atoms with E-state index in [0.29, 0.717) is 26.5 Å². The minimum absolute atomic E-state index is 0.275. The zero-order valence-corrected chi connectivity index (χ0v) is 12.4. The van der Waals surface area contributed by atoms with Crippen LogP contribution in [0.5, 0.6) is 0 Å². The van der Waals surface area contributed by atoms with Gasteiger partial charge in [0.05, 0.1) is 16.5 Å². The van der Waals surface area contributed by atoms with Crippen LogP contribution in [-0.2, 0) is 11.3 Å². The lowest BCUT2D eigenvalue weighted by Gasteiger charge is -2.06. The van der Waals surface area contributed by atoms with Gasteiger partial charge < -0.3 is 10.1 Å². The lowest BCUT2D eigenvalue weighted by molar-refractivity contribution is 0.102. The van der Waals surface area contributed by atoms with Crippen molar-refractivity contribution < 1.29 is 9.53 Å². The fraction of sp³-hybridized carbons (Fsp3) is 0.154. The smallest absolute Gasteiger partial charge is 0.258 e. The molecule has 0 saturated carbocycles. The van der Waals surface area contributed by atoms with Gasteiger partial charge in [0, 0.05) is 12.8 Å². The maximum atomic E-state index is 12.0. The second kappa shape index (κ2) is 6.39. The van der Waals surface area contributed by atoms with Gasteiger partial charge in [0.15, 0.2) is 0 Å². The molecule has 0 spiro atoms. The highest BCUT2D eigenvalue weighted by atomic mass is 35.5. The second-order valence-electron chi connectivity index (χ2n) is 3.83. The normalized spacial score (nSPS) is 10.5. The Balaban J connectivity index is 2.14. The fourth-order valence-electron chi connectivity index (χ4n) is 1.60. The van der Waals surface area contributed by atoms with Crippen LogP contribution in [0.1, 0.15) is 15.9 Å². The summed E-state index contributed by atoms with van der Waals surface area (Å²) in [5.41, 5.74) is 2.06. The summed E-state index contributed by atoms with van der Waals surface area (Å²) < 4.78 is 5.92. The van der Waals surface area contributed by atoms with Crippen LogP contribution in [0.25, 0.3) is 0 Å². The Kier molecular flexibility index (Phi) is 4.82. The highest BCUT2D eigenvalue weighted by molar-refractivity contribution is 7.20. The summed E-state index contributed by atoms with van der Waals surface area (Å²) >= 11 is 12.9. The predicted molar refractivity (Wildman–Crippen MR) is 79.4 cm³/mol. The number of nitrogens with one attached hydrogen (secondary N) is 1. The Morgan fingerprint density at radius 3 is 2.79 bits per heavy atom. The first-order valence-electron chi connectivity index (χ1n) is 5.44. The third-order valence-electron chi connectivity index (χ3n) is 2.40. The van der Waals surface area contributed by atoms with Gasteiger partial charge in [-0.1, -0.05) is 35.3 Å². The van der Waals surface area contributed by atoms with E-state index in [0.717, 1.165) is 5.56 Å². The van der Waals surface area contributed by atoms with Crippen molar-refractivity contribution in [2.24, 2.45) is 0 Å². The van der Waals surface area contributed by atoms with Crippen LogP contribution in [0.2, 0.25) is 8.67 Å². The van der Waals surface area contributed by atoms with Gasteiger partial charge in [0.25, 0.3) is 5.91 Å². The number of halogens is 2. The average Bonchev–Trinajstić information content (AvgIpc) is 2.69. The maximum absolute atomic E-state index is 12.0. The van der Waals surface area contributed by atoms with Gasteiger partial charge in [0.2, 0.25) is 0 Å². The number of hydrogen-bond acceptors (Lipinski definition) is 3. The van der Waals surface area contributed by atoms with Crippen LogP contribution in [0, 0.1) is 0 Å². The fourth-order valence-corrected chi connectivity index (χ4v) is 3.06. The molecule has 0 bridgehead atoms. The van der Waals surface area contributed by atoms with Crippen molar-refractivity contribution in [2.75, 3.05) is 12.4 Å². The molecule has 0 fully saturated rings. The minimum Gasteiger partial charge on any atom is -0.380 e. The number of amides is 1. The van der Waals surface area contributed by atoms with Gasteiger partial charge in [-0.2, -0.15) is 0 Å². The van der Waals surface area contributed by atoms with E-state index in [4.69, 9.17) is 27.9 Å². The molecule has 0 atom stereocenters. The topological polar surface area (TPSA) is 38.3 Å². The van der Waals surface area contributed by atoms with Crippen molar-refractivity contribution in [1.82, 2.24) is 0 Å². The van der Waals surface area contributed by atoms with Gasteiger partial charge >= 0.3 is 0 Å². The zero-order valence-electron chi connectivity index (χ0n) is 10.1. The summed E-state index contributed by atoms with van der Waals surface area (Å²) in [5, 5.41) is 2.78. The molecule has 0 saturated heterocycles. The van der Waals surface area contributed by atoms with Crippen molar-refractivity contribution in [2.45, 2.75) is 6.61 Å². The molecule has 0 radical (unpaired) electrons. The number of ether oxygens (including phenoxy) is 1. The van der Waals surface area contributed by atoms with E-state index in [1.165, 1.54) is 11.3 Å². The van der Waals surface area contributed by atoms with E-state index in [-0.39, 0.29) is 5.91 Å².